The Balaban J connectivity index is 2.14. The fourth-order valence-corrected chi connectivity index (χ4v) is 2.78. The van der Waals surface area contributed by atoms with Crippen molar-refractivity contribution in [3.05, 3.63) is 22.7 Å². The molecule has 1 N–H and O–H groups in total. The van der Waals surface area contributed by atoms with Crippen LogP contribution in [0.25, 0.3) is 11.0 Å². The number of hydrogen-bond donors (Lipinski definition) is 1. The minimum Gasteiger partial charge on any atom is -0.478 e. The van der Waals surface area contributed by atoms with Gasteiger partial charge in [-0.3, -0.25) is 0 Å². The number of carboxylic acid groups (broad SMARTS) is 1. The summed E-state index contributed by atoms with van der Waals surface area (Å²) in [4.78, 5) is 11.0. The van der Waals surface area contributed by atoms with Gasteiger partial charge in [0, 0.05) is 0 Å². The second-order valence-electron chi connectivity index (χ2n) is 4.60. The molecule has 1 aliphatic carbocycles. The van der Waals surface area contributed by atoms with Crippen molar-refractivity contribution in [3.8, 4) is 0 Å². The van der Waals surface area contributed by atoms with Crippen LogP contribution in [0.4, 0.5) is 0 Å². The summed E-state index contributed by atoms with van der Waals surface area (Å²) in [5, 5.41) is 17.4. The van der Waals surface area contributed by atoms with E-state index in [1.165, 1.54) is 18.9 Å². The van der Waals surface area contributed by atoms with Crippen molar-refractivity contribution in [1.82, 2.24) is 15.0 Å². The van der Waals surface area contributed by atoms with Gasteiger partial charge in [0.25, 0.3) is 0 Å². The summed E-state index contributed by atoms with van der Waals surface area (Å²) in [5.74, 6) is -1.04. The number of carbonyl (C=O) groups is 1. The highest BCUT2D eigenvalue weighted by Gasteiger charge is 2.21. The molecule has 0 amide bonds. The standard InChI is InChI=1S/C12H12ClN3O2/c13-9-6-11-10(5-8(9)12(17)18)14-15-16(11)7-3-1-2-4-7/h5-7H,1-4H2,(H,17,18). The first-order valence-corrected chi connectivity index (χ1v) is 6.32. The normalized spacial score (nSPS) is 16.5. The molecule has 1 aromatic heterocycles. The Morgan fingerprint density at radius 3 is 2.78 bits per heavy atom. The monoisotopic (exact) mass is 265 g/mol. The van der Waals surface area contributed by atoms with E-state index in [9.17, 15) is 4.79 Å². The topological polar surface area (TPSA) is 68.0 Å². The Morgan fingerprint density at radius 1 is 1.39 bits per heavy atom. The van der Waals surface area contributed by atoms with Crippen LogP contribution in [0, 0.1) is 0 Å². The third-order valence-corrected chi connectivity index (χ3v) is 3.77. The maximum atomic E-state index is 11.0. The Hall–Kier alpha value is -1.62. The van der Waals surface area contributed by atoms with Crippen LogP contribution in [0.5, 0.6) is 0 Å². The lowest BCUT2D eigenvalue weighted by Gasteiger charge is -2.10. The fraction of sp³-hybridized carbons (Fsp3) is 0.417. The van der Waals surface area contributed by atoms with Crippen molar-refractivity contribution < 1.29 is 9.90 Å². The van der Waals surface area contributed by atoms with Crippen molar-refractivity contribution >= 4 is 28.6 Å². The fourth-order valence-electron chi connectivity index (χ4n) is 2.54. The van der Waals surface area contributed by atoms with Gasteiger partial charge in [-0.25, -0.2) is 9.48 Å². The molecule has 2 aromatic rings. The Labute approximate surface area is 108 Å². The van der Waals surface area contributed by atoms with E-state index in [0.29, 0.717) is 11.6 Å². The number of halogens is 1. The number of hydrogen-bond acceptors (Lipinski definition) is 3. The summed E-state index contributed by atoms with van der Waals surface area (Å²) in [5.41, 5.74) is 1.48. The number of fused-ring (bicyclic) bond motifs is 1. The Bertz CT molecular complexity index is 617. The van der Waals surface area contributed by atoms with Crippen LogP contribution in [-0.4, -0.2) is 26.1 Å². The van der Waals surface area contributed by atoms with Gasteiger partial charge >= 0.3 is 5.97 Å². The van der Waals surface area contributed by atoms with Crippen molar-refractivity contribution in [2.75, 3.05) is 0 Å². The van der Waals surface area contributed by atoms with Gasteiger partial charge < -0.3 is 5.11 Å². The van der Waals surface area contributed by atoms with E-state index in [4.69, 9.17) is 16.7 Å². The molecule has 6 heteroatoms. The molecule has 18 heavy (non-hydrogen) atoms. The minimum atomic E-state index is -1.04. The van der Waals surface area contributed by atoms with Crippen LogP contribution in [0.15, 0.2) is 12.1 Å². The van der Waals surface area contributed by atoms with Crippen LogP contribution in [-0.2, 0) is 0 Å². The lowest BCUT2D eigenvalue weighted by Crippen LogP contribution is -2.06. The third kappa shape index (κ3) is 1.75. The van der Waals surface area contributed by atoms with E-state index in [2.05, 4.69) is 10.3 Å². The average molecular weight is 266 g/mol. The molecular formula is C12H12ClN3O2. The highest BCUT2D eigenvalue weighted by Crippen LogP contribution is 2.32. The number of rotatable bonds is 2. The third-order valence-electron chi connectivity index (χ3n) is 3.46. The molecule has 0 aliphatic heterocycles. The van der Waals surface area contributed by atoms with Gasteiger partial charge in [0.15, 0.2) is 0 Å². The number of nitrogens with zero attached hydrogens (tertiary/aromatic N) is 3. The van der Waals surface area contributed by atoms with Gasteiger partial charge in [0.2, 0.25) is 0 Å². The highest BCUT2D eigenvalue weighted by molar-refractivity contribution is 6.34. The second-order valence-corrected chi connectivity index (χ2v) is 5.01. The largest absolute Gasteiger partial charge is 0.478 e. The summed E-state index contributed by atoms with van der Waals surface area (Å²) in [6.07, 6.45) is 4.59. The van der Waals surface area contributed by atoms with E-state index in [-0.39, 0.29) is 10.6 Å². The molecule has 0 saturated heterocycles. The smallest absolute Gasteiger partial charge is 0.337 e. The van der Waals surface area contributed by atoms with Crippen LogP contribution in [0.3, 0.4) is 0 Å². The van der Waals surface area contributed by atoms with E-state index < -0.39 is 5.97 Å². The summed E-state index contributed by atoms with van der Waals surface area (Å²) in [7, 11) is 0. The minimum absolute atomic E-state index is 0.0719. The predicted octanol–water partition coefficient (Wildman–Crippen LogP) is 2.90. The van der Waals surface area contributed by atoms with Gasteiger partial charge in [-0.05, 0) is 25.0 Å². The molecule has 1 aliphatic rings. The molecule has 0 atom stereocenters. The van der Waals surface area contributed by atoms with Crippen molar-refractivity contribution in [1.29, 1.82) is 0 Å². The maximum Gasteiger partial charge on any atom is 0.337 e. The average Bonchev–Trinajstić information content (AvgIpc) is 2.94. The van der Waals surface area contributed by atoms with E-state index in [1.807, 2.05) is 4.68 Å². The molecule has 0 radical (unpaired) electrons. The SMILES string of the molecule is O=C(O)c1cc2nnn(C3CCCC3)c2cc1Cl. The Kier molecular flexibility index (Phi) is 2.70. The molecule has 94 valence electrons. The maximum absolute atomic E-state index is 11.0. The number of aromatic nitrogens is 3. The number of aromatic carboxylic acids is 1. The molecule has 0 spiro atoms. The quantitative estimate of drug-likeness (QED) is 0.906. The van der Waals surface area contributed by atoms with Gasteiger partial charge in [-0.15, -0.1) is 5.10 Å². The zero-order chi connectivity index (χ0) is 12.7. The molecule has 1 saturated carbocycles. The summed E-state index contributed by atoms with van der Waals surface area (Å²) < 4.78 is 1.87. The van der Waals surface area contributed by atoms with Crippen LogP contribution >= 0.6 is 11.6 Å². The first kappa shape index (κ1) is 11.5. The molecule has 1 heterocycles. The van der Waals surface area contributed by atoms with Gasteiger partial charge in [-0.1, -0.05) is 29.7 Å². The summed E-state index contributed by atoms with van der Waals surface area (Å²) in [6.45, 7) is 0. The van der Waals surface area contributed by atoms with Gasteiger partial charge in [-0.2, -0.15) is 0 Å². The molecule has 3 rings (SSSR count). The van der Waals surface area contributed by atoms with Crippen molar-refractivity contribution in [3.63, 3.8) is 0 Å². The number of carboxylic acids is 1. The summed E-state index contributed by atoms with van der Waals surface area (Å²) in [6, 6.07) is 3.50. The first-order chi connectivity index (χ1) is 8.66. The zero-order valence-corrected chi connectivity index (χ0v) is 10.4. The molecule has 0 unspecified atom stereocenters. The van der Waals surface area contributed by atoms with Gasteiger partial charge in [0.1, 0.15) is 5.52 Å². The lowest BCUT2D eigenvalue weighted by atomic mass is 10.2. The zero-order valence-electron chi connectivity index (χ0n) is 9.64. The Morgan fingerprint density at radius 2 is 2.11 bits per heavy atom. The molecular weight excluding hydrogens is 254 g/mol. The second kappa shape index (κ2) is 4.24. The van der Waals surface area contributed by atoms with Crippen LogP contribution < -0.4 is 0 Å². The molecule has 5 nitrogen and oxygen atoms in total. The van der Waals surface area contributed by atoms with Crippen LogP contribution in [0.1, 0.15) is 42.1 Å². The highest BCUT2D eigenvalue weighted by atomic mass is 35.5. The molecule has 1 aromatic carbocycles. The number of benzene rings is 1. The molecule has 0 bridgehead atoms. The van der Waals surface area contributed by atoms with E-state index in [0.717, 1.165) is 18.4 Å². The first-order valence-electron chi connectivity index (χ1n) is 5.94. The lowest BCUT2D eigenvalue weighted by molar-refractivity contribution is 0.0697. The van der Waals surface area contributed by atoms with Crippen molar-refractivity contribution in [2.45, 2.75) is 31.7 Å². The van der Waals surface area contributed by atoms with E-state index >= 15 is 0 Å². The molecule has 1 fully saturated rings. The van der Waals surface area contributed by atoms with Crippen molar-refractivity contribution in [2.24, 2.45) is 0 Å². The van der Waals surface area contributed by atoms with E-state index in [1.54, 1.807) is 6.07 Å². The predicted molar refractivity (Wildman–Crippen MR) is 67.0 cm³/mol. The van der Waals surface area contributed by atoms with Gasteiger partial charge in [0.05, 0.1) is 22.1 Å². The van der Waals surface area contributed by atoms with Crippen LogP contribution in [0.2, 0.25) is 5.02 Å². The summed E-state index contributed by atoms with van der Waals surface area (Å²) >= 11 is 5.98.